The lowest BCUT2D eigenvalue weighted by Gasteiger charge is -2.32. The number of hydrogen-bond acceptors (Lipinski definition) is 5. The molecular weight excluding hydrogens is 228 g/mol. The third-order valence-corrected chi connectivity index (χ3v) is 3.52. The van der Waals surface area contributed by atoms with Gasteiger partial charge in [0.25, 0.3) is 0 Å². The molecule has 1 fully saturated rings. The van der Waals surface area contributed by atoms with E-state index in [4.69, 9.17) is 10.9 Å². The van der Waals surface area contributed by atoms with Crippen molar-refractivity contribution in [3.63, 3.8) is 0 Å². The minimum atomic E-state index is 0.301. The third-order valence-electron chi connectivity index (χ3n) is 3.52. The van der Waals surface area contributed by atoms with Crippen LogP contribution in [0.2, 0.25) is 0 Å². The summed E-state index contributed by atoms with van der Waals surface area (Å²) in [5, 5.41) is 9.01. The highest BCUT2D eigenvalue weighted by atomic mass is 16.3. The van der Waals surface area contributed by atoms with Crippen LogP contribution in [0.4, 0.5) is 5.82 Å². The second kappa shape index (κ2) is 6.68. The number of aliphatic hydroxyl groups excluding tert-OH is 1. The van der Waals surface area contributed by atoms with Crippen LogP contribution in [0.1, 0.15) is 24.8 Å². The minimum absolute atomic E-state index is 0.301. The van der Waals surface area contributed by atoms with E-state index in [2.05, 4.69) is 15.3 Å². The zero-order chi connectivity index (χ0) is 12.8. The predicted octanol–water partition coefficient (Wildman–Crippen LogP) is 0.962. The zero-order valence-electron chi connectivity index (χ0n) is 10.7. The number of aliphatic hydroxyl groups is 1. The van der Waals surface area contributed by atoms with Crippen molar-refractivity contribution < 1.29 is 5.11 Å². The van der Waals surface area contributed by atoms with Crippen LogP contribution in [0.25, 0.3) is 0 Å². The van der Waals surface area contributed by atoms with Crippen LogP contribution in [0, 0.1) is 5.92 Å². The molecule has 1 saturated heterocycles. The number of piperidine rings is 1. The molecule has 0 aromatic carbocycles. The molecule has 5 nitrogen and oxygen atoms in total. The molecule has 18 heavy (non-hydrogen) atoms. The molecule has 1 aliphatic heterocycles. The van der Waals surface area contributed by atoms with E-state index in [1.807, 2.05) is 12.1 Å². The second-order valence-corrected chi connectivity index (χ2v) is 4.95. The van der Waals surface area contributed by atoms with Gasteiger partial charge in [-0.2, -0.15) is 0 Å². The number of hydrogen-bond donors (Lipinski definition) is 3. The van der Waals surface area contributed by atoms with Crippen LogP contribution >= 0.6 is 0 Å². The van der Waals surface area contributed by atoms with Gasteiger partial charge in [-0.15, -0.1) is 0 Å². The Hall–Kier alpha value is -1.17. The van der Waals surface area contributed by atoms with E-state index >= 15 is 0 Å². The lowest BCUT2D eigenvalue weighted by molar-refractivity contribution is 0.142. The Bertz CT molecular complexity index is 370. The van der Waals surface area contributed by atoms with Crippen LogP contribution in [0.5, 0.6) is 0 Å². The van der Waals surface area contributed by atoms with Crippen molar-refractivity contribution in [1.82, 2.24) is 9.88 Å². The average Bonchev–Trinajstić information content (AvgIpc) is 2.40. The zero-order valence-corrected chi connectivity index (χ0v) is 10.7. The van der Waals surface area contributed by atoms with Crippen LogP contribution in [0.3, 0.4) is 0 Å². The SMILES string of the molecule is NNc1cc(CN2CCCC(CCO)C2)ccn1. The molecule has 1 atom stereocenters. The first-order valence-corrected chi connectivity index (χ1v) is 6.56. The van der Waals surface area contributed by atoms with Crippen LogP contribution < -0.4 is 11.3 Å². The van der Waals surface area contributed by atoms with E-state index in [1.165, 1.54) is 18.4 Å². The molecule has 4 N–H and O–H groups in total. The van der Waals surface area contributed by atoms with Crippen molar-refractivity contribution in [2.75, 3.05) is 25.1 Å². The molecule has 0 amide bonds. The van der Waals surface area contributed by atoms with Crippen LogP contribution in [-0.4, -0.2) is 34.7 Å². The molecule has 0 aliphatic carbocycles. The maximum Gasteiger partial charge on any atom is 0.140 e. The molecule has 1 unspecified atom stereocenters. The molecule has 0 saturated carbocycles. The number of nitrogens with two attached hydrogens (primary N) is 1. The molecule has 1 aliphatic rings. The monoisotopic (exact) mass is 250 g/mol. The molecule has 100 valence electrons. The highest BCUT2D eigenvalue weighted by Crippen LogP contribution is 2.21. The lowest BCUT2D eigenvalue weighted by atomic mass is 9.95. The summed E-state index contributed by atoms with van der Waals surface area (Å²) in [7, 11) is 0. The Balaban J connectivity index is 1.91. The van der Waals surface area contributed by atoms with Gasteiger partial charge in [0.2, 0.25) is 0 Å². The predicted molar refractivity (Wildman–Crippen MR) is 71.8 cm³/mol. The first-order valence-electron chi connectivity index (χ1n) is 6.56. The summed E-state index contributed by atoms with van der Waals surface area (Å²) in [6.07, 6.45) is 5.16. The van der Waals surface area contributed by atoms with Crippen LogP contribution in [-0.2, 0) is 6.54 Å². The Morgan fingerprint density at radius 3 is 3.22 bits per heavy atom. The molecule has 1 aromatic heterocycles. The average molecular weight is 250 g/mol. The van der Waals surface area contributed by atoms with Gasteiger partial charge in [0.05, 0.1) is 0 Å². The van der Waals surface area contributed by atoms with E-state index in [0.29, 0.717) is 18.3 Å². The number of nitrogens with one attached hydrogen (secondary N) is 1. The van der Waals surface area contributed by atoms with E-state index in [0.717, 1.165) is 26.1 Å². The van der Waals surface area contributed by atoms with E-state index in [1.54, 1.807) is 6.20 Å². The number of rotatable bonds is 5. The first kappa shape index (κ1) is 13.3. The molecule has 1 aromatic rings. The van der Waals surface area contributed by atoms with Crippen molar-refractivity contribution in [2.45, 2.75) is 25.8 Å². The quantitative estimate of drug-likeness (QED) is 0.536. The number of aromatic nitrogens is 1. The van der Waals surface area contributed by atoms with Crippen molar-refractivity contribution >= 4 is 5.82 Å². The summed E-state index contributed by atoms with van der Waals surface area (Å²) >= 11 is 0. The van der Waals surface area contributed by atoms with Crippen molar-refractivity contribution in [2.24, 2.45) is 11.8 Å². The summed E-state index contributed by atoms with van der Waals surface area (Å²) in [5.41, 5.74) is 3.80. The fraction of sp³-hybridized carbons (Fsp3) is 0.615. The van der Waals surface area contributed by atoms with Gasteiger partial charge in [0, 0.05) is 25.9 Å². The fourth-order valence-corrected chi connectivity index (χ4v) is 2.62. The van der Waals surface area contributed by atoms with Crippen LogP contribution in [0.15, 0.2) is 18.3 Å². The molecule has 2 rings (SSSR count). The van der Waals surface area contributed by atoms with Gasteiger partial charge in [-0.1, -0.05) is 0 Å². The number of nitrogens with zero attached hydrogens (tertiary/aromatic N) is 2. The maximum atomic E-state index is 9.01. The Kier molecular flexibility index (Phi) is 4.92. The Labute approximate surface area is 108 Å². The fourth-order valence-electron chi connectivity index (χ4n) is 2.62. The molecule has 0 radical (unpaired) electrons. The normalized spacial score (nSPS) is 20.9. The topological polar surface area (TPSA) is 74.4 Å². The highest BCUT2D eigenvalue weighted by Gasteiger charge is 2.19. The molecular formula is C13H22N4O. The molecule has 0 spiro atoms. The smallest absolute Gasteiger partial charge is 0.140 e. The summed E-state index contributed by atoms with van der Waals surface area (Å²) < 4.78 is 0. The first-order chi connectivity index (χ1) is 8.81. The van der Waals surface area contributed by atoms with Crippen molar-refractivity contribution in [3.05, 3.63) is 23.9 Å². The van der Waals surface area contributed by atoms with Gasteiger partial charge in [0.15, 0.2) is 0 Å². The Morgan fingerprint density at radius 1 is 1.56 bits per heavy atom. The summed E-state index contributed by atoms with van der Waals surface area (Å²) in [4.78, 5) is 6.55. The van der Waals surface area contributed by atoms with Gasteiger partial charge in [-0.25, -0.2) is 10.8 Å². The van der Waals surface area contributed by atoms with Gasteiger partial charge in [-0.3, -0.25) is 4.90 Å². The van der Waals surface area contributed by atoms with E-state index in [-0.39, 0.29) is 0 Å². The van der Waals surface area contributed by atoms with Gasteiger partial charge in [0.1, 0.15) is 5.82 Å². The largest absolute Gasteiger partial charge is 0.396 e. The second-order valence-electron chi connectivity index (χ2n) is 4.95. The lowest BCUT2D eigenvalue weighted by Crippen LogP contribution is -2.35. The summed E-state index contributed by atoms with van der Waals surface area (Å²) in [6.45, 7) is 3.44. The van der Waals surface area contributed by atoms with Gasteiger partial charge in [-0.05, 0) is 49.4 Å². The summed E-state index contributed by atoms with van der Waals surface area (Å²) in [6, 6.07) is 4.01. The maximum absolute atomic E-state index is 9.01. The van der Waals surface area contributed by atoms with Crippen molar-refractivity contribution in [1.29, 1.82) is 0 Å². The summed E-state index contributed by atoms with van der Waals surface area (Å²) in [5.74, 6) is 6.70. The van der Waals surface area contributed by atoms with E-state index in [9.17, 15) is 0 Å². The number of hydrazine groups is 1. The van der Waals surface area contributed by atoms with Gasteiger partial charge >= 0.3 is 0 Å². The number of nitrogen functional groups attached to an aromatic ring is 1. The number of pyridine rings is 1. The number of anilines is 1. The molecule has 0 bridgehead atoms. The third kappa shape index (κ3) is 3.66. The Morgan fingerprint density at radius 2 is 2.44 bits per heavy atom. The molecule has 2 heterocycles. The van der Waals surface area contributed by atoms with E-state index < -0.39 is 0 Å². The van der Waals surface area contributed by atoms with Crippen molar-refractivity contribution in [3.8, 4) is 0 Å². The number of likely N-dealkylation sites (tertiary alicyclic amines) is 1. The molecule has 5 heteroatoms. The standard InChI is InChI=1S/C13H22N4O/c14-16-13-8-12(3-5-15-13)10-17-6-1-2-11(9-17)4-7-18/h3,5,8,11,18H,1-2,4,6-7,9-10,14H2,(H,15,16). The minimum Gasteiger partial charge on any atom is -0.396 e. The highest BCUT2D eigenvalue weighted by molar-refractivity contribution is 5.35. The van der Waals surface area contributed by atoms with Gasteiger partial charge < -0.3 is 10.5 Å².